The van der Waals surface area contributed by atoms with E-state index in [1.807, 2.05) is 37.3 Å². The third-order valence-electron chi connectivity index (χ3n) is 1.70. The summed E-state index contributed by atoms with van der Waals surface area (Å²) in [4.78, 5) is 0. The van der Waals surface area contributed by atoms with Crippen LogP contribution in [0.15, 0.2) is 41.1 Å². The molecular formula is C10H10BrF. The number of hydrogen-bond acceptors (Lipinski definition) is 0. The molecule has 0 saturated carbocycles. The van der Waals surface area contributed by atoms with Gasteiger partial charge in [0, 0.05) is 5.92 Å². The van der Waals surface area contributed by atoms with E-state index in [0.29, 0.717) is 0 Å². The minimum Gasteiger partial charge on any atom is -0.199 e. The largest absolute Gasteiger partial charge is 0.199 e. The highest BCUT2D eigenvalue weighted by molar-refractivity contribution is 9.11. The predicted octanol–water partition coefficient (Wildman–Crippen LogP) is 4.00. The number of hydrogen-bond donors (Lipinski definition) is 0. The van der Waals surface area contributed by atoms with Crippen molar-refractivity contribution >= 4 is 15.9 Å². The van der Waals surface area contributed by atoms with Crippen LogP contribution < -0.4 is 0 Å². The number of halogens is 2. The maximum atomic E-state index is 12.4. The molecule has 0 radical (unpaired) electrons. The van der Waals surface area contributed by atoms with Crippen molar-refractivity contribution in [3.63, 3.8) is 0 Å². The molecular weight excluding hydrogens is 219 g/mol. The molecule has 0 aromatic heterocycles. The molecule has 0 aliphatic carbocycles. The molecule has 1 aromatic carbocycles. The molecule has 0 aliphatic rings. The van der Waals surface area contributed by atoms with Crippen molar-refractivity contribution in [3.05, 3.63) is 46.7 Å². The summed E-state index contributed by atoms with van der Waals surface area (Å²) in [5.41, 5.74) is 1.12. The van der Waals surface area contributed by atoms with E-state index in [-0.39, 0.29) is 10.7 Å². The second kappa shape index (κ2) is 4.41. The average Bonchev–Trinajstić information content (AvgIpc) is 2.05. The second-order valence-electron chi connectivity index (χ2n) is 2.66. The molecule has 0 amide bonds. The highest BCUT2D eigenvalue weighted by Crippen LogP contribution is 2.20. The Morgan fingerprint density at radius 1 is 1.42 bits per heavy atom. The Kier molecular flexibility index (Phi) is 3.48. The first kappa shape index (κ1) is 9.46. The molecule has 0 aliphatic heterocycles. The molecule has 0 bridgehead atoms. The molecule has 1 unspecified atom stereocenters. The summed E-state index contributed by atoms with van der Waals surface area (Å²) in [6.07, 6.45) is 1.54. The standard InChI is InChI=1S/C10H10BrF/c1-8(7-10(11)12)9-5-3-2-4-6-9/h2-8H,1H3/b10-7-. The Bertz CT molecular complexity index is 262. The summed E-state index contributed by atoms with van der Waals surface area (Å²) in [7, 11) is 0. The van der Waals surface area contributed by atoms with E-state index >= 15 is 0 Å². The van der Waals surface area contributed by atoms with Gasteiger partial charge in [-0.1, -0.05) is 37.3 Å². The molecule has 0 fully saturated rings. The van der Waals surface area contributed by atoms with Gasteiger partial charge in [-0.3, -0.25) is 0 Å². The van der Waals surface area contributed by atoms with Crippen LogP contribution in [-0.2, 0) is 0 Å². The van der Waals surface area contributed by atoms with E-state index in [1.54, 1.807) is 0 Å². The van der Waals surface area contributed by atoms with Crippen LogP contribution >= 0.6 is 15.9 Å². The lowest BCUT2D eigenvalue weighted by atomic mass is 10.0. The lowest BCUT2D eigenvalue weighted by Gasteiger charge is -2.04. The number of allylic oxidation sites excluding steroid dienone is 1. The lowest BCUT2D eigenvalue weighted by molar-refractivity contribution is 0.693. The van der Waals surface area contributed by atoms with Gasteiger partial charge in [-0.2, -0.15) is 4.39 Å². The van der Waals surface area contributed by atoms with Gasteiger partial charge in [0.05, 0.1) is 0 Å². The fraction of sp³-hybridized carbons (Fsp3) is 0.200. The first-order chi connectivity index (χ1) is 5.70. The van der Waals surface area contributed by atoms with Gasteiger partial charge in [-0.25, -0.2) is 0 Å². The van der Waals surface area contributed by atoms with Gasteiger partial charge >= 0.3 is 0 Å². The molecule has 0 N–H and O–H groups in total. The monoisotopic (exact) mass is 228 g/mol. The van der Waals surface area contributed by atoms with Crippen molar-refractivity contribution in [2.75, 3.05) is 0 Å². The molecule has 64 valence electrons. The maximum Gasteiger partial charge on any atom is 0.162 e. The Morgan fingerprint density at radius 3 is 2.50 bits per heavy atom. The van der Waals surface area contributed by atoms with Crippen molar-refractivity contribution in [1.29, 1.82) is 0 Å². The van der Waals surface area contributed by atoms with Crippen LogP contribution in [0.3, 0.4) is 0 Å². The Balaban J connectivity index is 2.79. The van der Waals surface area contributed by atoms with Gasteiger partial charge in [-0.15, -0.1) is 0 Å². The maximum absolute atomic E-state index is 12.4. The third-order valence-corrected chi connectivity index (χ3v) is 1.97. The number of benzene rings is 1. The molecule has 0 spiro atoms. The molecule has 0 heterocycles. The smallest absolute Gasteiger partial charge is 0.162 e. The zero-order valence-electron chi connectivity index (χ0n) is 6.80. The molecule has 12 heavy (non-hydrogen) atoms. The summed E-state index contributed by atoms with van der Waals surface area (Å²) < 4.78 is 12.1. The molecule has 0 saturated heterocycles. The topological polar surface area (TPSA) is 0 Å². The molecule has 1 aromatic rings. The van der Waals surface area contributed by atoms with Gasteiger partial charge in [0.2, 0.25) is 0 Å². The van der Waals surface area contributed by atoms with Gasteiger partial charge in [0.15, 0.2) is 4.74 Å². The molecule has 0 nitrogen and oxygen atoms in total. The van der Waals surface area contributed by atoms with Crippen LogP contribution in [0.5, 0.6) is 0 Å². The van der Waals surface area contributed by atoms with Gasteiger partial charge < -0.3 is 0 Å². The van der Waals surface area contributed by atoms with Crippen molar-refractivity contribution in [1.82, 2.24) is 0 Å². The van der Waals surface area contributed by atoms with E-state index in [9.17, 15) is 4.39 Å². The average molecular weight is 229 g/mol. The van der Waals surface area contributed by atoms with Gasteiger partial charge in [-0.05, 0) is 27.6 Å². The van der Waals surface area contributed by atoms with Crippen LogP contribution in [0.4, 0.5) is 4.39 Å². The Morgan fingerprint density at radius 2 is 2.00 bits per heavy atom. The van der Waals surface area contributed by atoms with Crippen molar-refractivity contribution in [2.45, 2.75) is 12.8 Å². The van der Waals surface area contributed by atoms with Crippen molar-refractivity contribution < 1.29 is 4.39 Å². The summed E-state index contributed by atoms with van der Waals surface area (Å²) in [6, 6.07) is 9.82. The van der Waals surface area contributed by atoms with Crippen LogP contribution in [-0.4, -0.2) is 0 Å². The first-order valence-corrected chi connectivity index (χ1v) is 4.57. The van der Waals surface area contributed by atoms with Crippen LogP contribution in [0.2, 0.25) is 0 Å². The van der Waals surface area contributed by atoms with Gasteiger partial charge in [0.1, 0.15) is 0 Å². The van der Waals surface area contributed by atoms with E-state index < -0.39 is 0 Å². The minimum atomic E-state index is -0.307. The van der Waals surface area contributed by atoms with E-state index in [2.05, 4.69) is 15.9 Å². The lowest BCUT2D eigenvalue weighted by Crippen LogP contribution is -1.87. The van der Waals surface area contributed by atoms with E-state index in [0.717, 1.165) is 5.56 Å². The van der Waals surface area contributed by atoms with E-state index in [1.165, 1.54) is 6.08 Å². The fourth-order valence-electron chi connectivity index (χ4n) is 1.04. The zero-order valence-corrected chi connectivity index (χ0v) is 8.38. The van der Waals surface area contributed by atoms with Crippen molar-refractivity contribution in [2.24, 2.45) is 0 Å². The van der Waals surface area contributed by atoms with Crippen LogP contribution in [0, 0.1) is 0 Å². The predicted molar refractivity (Wildman–Crippen MR) is 53.0 cm³/mol. The van der Waals surface area contributed by atoms with Crippen LogP contribution in [0.1, 0.15) is 18.4 Å². The molecule has 2 heteroatoms. The third kappa shape index (κ3) is 2.78. The highest BCUT2D eigenvalue weighted by Gasteiger charge is 2.01. The fourth-order valence-corrected chi connectivity index (χ4v) is 1.44. The molecule has 1 rings (SSSR count). The summed E-state index contributed by atoms with van der Waals surface area (Å²) in [6.45, 7) is 1.95. The minimum absolute atomic E-state index is 0.116. The summed E-state index contributed by atoms with van der Waals surface area (Å²) in [5.74, 6) is 0.116. The van der Waals surface area contributed by atoms with Crippen molar-refractivity contribution in [3.8, 4) is 0 Å². The molecule has 1 atom stereocenters. The normalized spacial score (nSPS) is 14.4. The second-order valence-corrected chi connectivity index (χ2v) is 3.41. The number of rotatable bonds is 2. The Labute approximate surface area is 80.2 Å². The quantitative estimate of drug-likeness (QED) is 0.719. The van der Waals surface area contributed by atoms with E-state index in [4.69, 9.17) is 0 Å². The SMILES string of the molecule is CC(/C=C(\F)Br)c1ccccc1. The first-order valence-electron chi connectivity index (χ1n) is 3.78. The summed E-state index contributed by atoms with van der Waals surface area (Å²) >= 11 is 2.77. The zero-order chi connectivity index (χ0) is 8.97. The van der Waals surface area contributed by atoms with Gasteiger partial charge in [0.25, 0.3) is 0 Å². The van der Waals surface area contributed by atoms with Crippen LogP contribution in [0.25, 0.3) is 0 Å². The highest BCUT2D eigenvalue weighted by atomic mass is 79.9. The summed E-state index contributed by atoms with van der Waals surface area (Å²) in [5, 5.41) is 0. The Hall–Kier alpha value is -0.630.